The van der Waals surface area contributed by atoms with E-state index in [1.807, 2.05) is 36.4 Å². The van der Waals surface area contributed by atoms with Crippen molar-refractivity contribution in [2.75, 3.05) is 6.61 Å². The number of hydrogen-bond donors (Lipinski definition) is 2. The summed E-state index contributed by atoms with van der Waals surface area (Å²) in [5, 5.41) is 12.6. The van der Waals surface area contributed by atoms with Gasteiger partial charge in [-0.3, -0.25) is 14.9 Å². The summed E-state index contributed by atoms with van der Waals surface area (Å²) in [7, 11) is 0. The van der Waals surface area contributed by atoms with Crippen molar-refractivity contribution in [2.45, 2.75) is 70.5 Å². The second kappa shape index (κ2) is 9.18. The Hall–Kier alpha value is -2.47. The SMILES string of the molecule is CC(C)(C)c1cc(OCCc2ccc(CC3SC(=O)NC3=O)cc2)cc(C(C)(C)C)c1O. The van der Waals surface area contributed by atoms with Crippen molar-refractivity contribution in [2.24, 2.45) is 0 Å². The molecule has 1 aliphatic rings. The Morgan fingerprint density at radius 3 is 1.94 bits per heavy atom. The van der Waals surface area contributed by atoms with Gasteiger partial charge in [-0.1, -0.05) is 77.6 Å². The maximum Gasteiger partial charge on any atom is 0.286 e. The number of imide groups is 1. The van der Waals surface area contributed by atoms with Gasteiger partial charge in [0.25, 0.3) is 5.24 Å². The van der Waals surface area contributed by atoms with E-state index in [0.717, 1.165) is 46.2 Å². The Kier molecular flexibility index (Phi) is 6.94. The van der Waals surface area contributed by atoms with Crippen LogP contribution >= 0.6 is 11.8 Å². The smallest absolute Gasteiger partial charge is 0.286 e. The highest BCUT2D eigenvalue weighted by molar-refractivity contribution is 8.15. The first kappa shape index (κ1) is 24.2. The molecule has 5 nitrogen and oxygen atoms in total. The Morgan fingerprint density at radius 1 is 0.938 bits per heavy atom. The van der Waals surface area contributed by atoms with Crippen LogP contribution in [-0.2, 0) is 28.5 Å². The van der Waals surface area contributed by atoms with Crippen LogP contribution in [0.25, 0.3) is 0 Å². The van der Waals surface area contributed by atoms with Crippen LogP contribution in [0.3, 0.4) is 0 Å². The lowest BCUT2D eigenvalue weighted by molar-refractivity contribution is -0.118. The number of phenolic OH excluding ortho intramolecular Hbond substituents is 1. The summed E-state index contributed by atoms with van der Waals surface area (Å²) >= 11 is 1.05. The van der Waals surface area contributed by atoms with Crippen molar-refractivity contribution in [3.63, 3.8) is 0 Å². The number of nitrogens with one attached hydrogen (secondary N) is 1. The van der Waals surface area contributed by atoms with Crippen molar-refractivity contribution in [3.05, 3.63) is 58.7 Å². The highest BCUT2D eigenvalue weighted by Gasteiger charge is 2.31. The summed E-state index contributed by atoms with van der Waals surface area (Å²) in [5.41, 5.74) is 3.55. The Balaban J connectivity index is 1.65. The Labute approximate surface area is 194 Å². The molecular formula is C26H33NO4S. The zero-order valence-electron chi connectivity index (χ0n) is 19.7. The summed E-state index contributed by atoms with van der Waals surface area (Å²) in [6.45, 7) is 13.0. The predicted octanol–water partition coefficient (Wildman–Crippen LogP) is 5.50. The number of thioether (sulfide) groups is 1. The van der Waals surface area contributed by atoms with Crippen molar-refractivity contribution in [1.82, 2.24) is 5.32 Å². The molecule has 2 N–H and O–H groups in total. The zero-order valence-corrected chi connectivity index (χ0v) is 20.6. The van der Waals surface area contributed by atoms with Crippen LogP contribution in [-0.4, -0.2) is 28.1 Å². The number of phenols is 1. The summed E-state index contributed by atoms with van der Waals surface area (Å²) in [4.78, 5) is 23.1. The molecule has 1 unspecified atom stereocenters. The van der Waals surface area contributed by atoms with Gasteiger partial charge < -0.3 is 9.84 Å². The number of amides is 2. The molecule has 0 saturated carbocycles. The number of hydrogen-bond acceptors (Lipinski definition) is 5. The molecule has 172 valence electrons. The van der Waals surface area contributed by atoms with E-state index in [2.05, 4.69) is 46.9 Å². The number of ether oxygens (including phenoxy) is 1. The molecule has 3 rings (SSSR count). The minimum absolute atomic E-state index is 0.196. The first-order chi connectivity index (χ1) is 14.8. The molecule has 0 radical (unpaired) electrons. The van der Waals surface area contributed by atoms with Crippen molar-refractivity contribution >= 4 is 22.9 Å². The monoisotopic (exact) mass is 455 g/mol. The lowest BCUT2D eigenvalue weighted by atomic mass is 9.79. The molecule has 2 aromatic rings. The third-order valence-corrected chi connectivity index (χ3v) is 6.55. The van der Waals surface area contributed by atoms with Crippen LogP contribution < -0.4 is 10.1 Å². The van der Waals surface area contributed by atoms with E-state index in [-0.39, 0.29) is 27.2 Å². The topological polar surface area (TPSA) is 75.6 Å². The molecule has 0 spiro atoms. The van der Waals surface area contributed by atoms with E-state index in [0.29, 0.717) is 18.8 Å². The maximum atomic E-state index is 11.7. The van der Waals surface area contributed by atoms with E-state index < -0.39 is 0 Å². The van der Waals surface area contributed by atoms with E-state index in [1.54, 1.807) is 0 Å². The third kappa shape index (κ3) is 5.85. The third-order valence-electron chi connectivity index (χ3n) is 5.57. The average molecular weight is 456 g/mol. The summed E-state index contributed by atoms with van der Waals surface area (Å²) in [6, 6.07) is 12.0. The van der Waals surface area contributed by atoms with Crippen molar-refractivity contribution < 1.29 is 19.4 Å². The molecule has 0 bridgehead atoms. The predicted molar refractivity (Wildman–Crippen MR) is 130 cm³/mol. The first-order valence-corrected chi connectivity index (χ1v) is 11.8. The van der Waals surface area contributed by atoms with Crippen LogP contribution in [0.15, 0.2) is 36.4 Å². The number of benzene rings is 2. The second-order valence-electron chi connectivity index (χ2n) is 10.4. The summed E-state index contributed by atoms with van der Waals surface area (Å²) in [5.74, 6) is 0.905. The van der Waals surface area contributed by atoms with Gasteiger partial charge in [0.1, 0.15) is 11.5 Å². The normalized spacial score (nSPS) is 16.9. The highest BCUT2D eigenvalue weighted by atomic mass is 32.2. The standard InChI is InChI=1S/C26H33NO4S/c1-25(2,3)19-14-18(15-20(22(19)28)26(4,5)6)31-12-11-16-7-9-17(10-8-16)13-21-23(29)27-24(30)32-21/h7-10,14-15,21,28H,11-13H2,1-6H3,(H,27,29,30). The van der Waals surface area contributed by atoms with Gasteiger partial charge in [-0.2, -0.15) is 0 Å². The van der Waals surface area contributed by atoms with E-state index in [4.69, 9.17) is 4.74 Å². The second-order valence-corrected chi connectivity index (χ2v) is 11.5. The molecular weight excluding hydrogens is 422 g/mol. The molecule has 1 aliphatic heterocycles. The fourth-order valence-corrected chi connectivity index (χ4v) is 4.56. The fraction of sp³-hybridized carbons (Fsp3) is 0.462. The molecule has 1 heterocycles. The van der Waals surface area contributed by atoms with Crippen LogP contribution in [0.1, 0.15) is 63.8 Å². The largest absolute Gasteiger partial charge is 0.507 e. The van der Waals surface area contributed by atoms with Crippen LogP contribution in [0.5, 0.6) is 11.5 Å². The number of carbonyl (C=O) groups excluding carboxylic acids is 2. The maximum absolute atomic E-state index is 11.7. The minimum atomic E-state index is -0.347. The van der Waals surface area contributed by atoms with E-state index in [9.17, 15) is 14.7 Å². The minimum Gasteiger partial charge on any atom is -0.507 e. The Bertz CT molecular complexity index is 965. The van der Waals surface area contributed by atoms with Gasteiger partial charge in [0.2, 0.25) is 5.91 Å². The summed E-state index contributed by atoms with van der Waals surface area (Å²) < 4.78 is 6.10. The van der Waals surface area contributed by atoms with Gasteiger partial charge in [0, 0.05) is 17.5 Å². The quantitative estimate of drug-likeness (QED) is 0.601. The van der Waals surface area contributed by atoms with Gasteiger partial charge in [0.15, 0.2) is 0 Å². The molecule has 0 aromatic heterocycles. The number of carbonyl (C=O) groups is 2. The van der Waals surface area contributed by atoms with Crippen LogP contribution in [0.2, 0.25) is 0 Å². The average Bonchev–Trinajstić information content (AvgIpc) is 2.99. The molecule has 6 heteroatoms. The van der Waals surface area contributed by atoms with Crippen molar-refractivity contribution in [3.8, 4) is 11.5 Å². The summed E-state index contributed by atoms with van der Waals surface area (Å²) in [6.07, 6.45) is 1.28. The van der Waals surface area contributed by atoms with Gasteiger partial charge >= 0.3 is 0 Å². The van der Waals surface area contributed by atoms with Gasteiger partial charge in [0.05, 0.1) is 11.9 Å². The molecule has 2 aromatic carbocycles. The van der Waals surface area contributed by atoms with Gasteiger partial charge in [-0.05, 0) is 40.5 Å². The fourth-order valence-electron chi connectivity index (χ4n) is 3.71. The molecule has 1 atom stereocenters. The molecule has 1 saturated heterocycles. The van der Waals surface area contributed by atoms with Crippen molar-refractivity contribution in [1.29, 1.82) is 0 Å². The van der Waals surface area contributed by atoms with Crippen LogP contribution in [0, 0.1) is 0 Å². The lowest BCUT2D eigenvalue weighted by Crippen LogP contribution is -2.25. The van der Waals surface area contributed by atoms with Gasteiger partial charge in [-0.15, -0.1) is 0 Å². The van der Waals surface area contributed by atoms with E-state index >= 15 is 0 Å². The molecule has 2 amide bonds. The van der Waals surface area contributed by atoms with Gasteiger partial charge in [-0.25, -0.2) is 0 Å². The highest BCUT2D eigenvalue weighted by Crippen LogP contribution is 2.41. The van der Waals surface area contributed by atoms with E-state index in [1.165, 1.54) is 0 Å². The lowest BCUT2D eigenvalue weighted by Gasteiger charge is -2.28. The van der Waals surface area contributed by atoms with Crippen LogP contribution in [0.4, 0.5) is 4.79 Å². The molecule has 1 fully saturated rings. The zero-order chi connectivity index (χ0) is 23.7. The molecule has 0 aliphatic carbocycles. The number of aromatic hydroxyl groups is 1. The Morgan fingerprint density at radius 2 is 1.47 bits per heavy atom. The molecule has 32 heavy (non-hydrogen) atoms. The number of rotatable bonds is 6. The first-order valence-electron chi connectivity index (χ1n) is 10.9.